The fourth-order valence-corrected chi connectivity index (χ4v) is 4.56. The van der Waals surface area contributed by atoms with E-state index in [0.717, 1.165) is 32.2 Å². The van der Waals surface area contributed by atoms with Gasteiger partial charge < -0.3 is 10.2 Å². The van der Waals surface area contributed by atoms with Crippen LogP contribution in [0.4, 0.5) is 0 Å². The van der Waals surface area contributed by atoms with Gasteiger partial charge in [-0.05, 0) is 12.8 Å². The molecule has 1 amide bonds. The molecule has 3 fully saturated rings. The fourth-order valence-electron chi connectivity index (χ4n) is 3.11. The van der Waals surface area contributed by atoms with Gasteiger partial charge in [0.2, 0.25) is 5.91 Å². The Balaban J connectivity index is 1.47. The van der Waals surface area contributed by atoms with Gasteiger partial charge in [-0.3, -0.25) is 9.69 Å². The number of carbonyl (C=O) groups excluding carboxylic acids is 1. The Morgan fingerprint density at radius 2 is 1.85 bits per heavy atom. The monoisotopic (exact) mass is 301 g/mol. The smallest absolute Gasteiger partial charge is 0.224 e. The SMILES string of the molecule is O=C(CC1CS(=O)(=O)CCN1)N1CCN(C2CC2)CC1. The van der Waals surface area contributed by atoms with E-state index in [0.29, 0.717) is 13.0 Å². The van der Waals surface area contributed by atoms with Crippen molar-refractivity contribution >= 4 is 15.7 Å². The third kappa shape index (κ3) is 3.51. The third-order valence-corrected chi connectivity index (χ3v) is 6.19. The van der Waals surface area contributed by atoms with Gasteiger partial charge in [-0.25, -0.2) is 8.42 Å². The number of nitrogens with one attached hydrogen (secondary N) is 1. The second-order valence-corrected chi connectivity index (χ2v) is 8.35. The molecule has 114 valence electrons. The lowest BCUT2D eigenvalue weighted by atomic mass is 10.2. The summed E-state index contributed by atoms with van der Waals surface area (Å²) < 4.78 is 23.1. The van der Waals surface area contributed by atoms with Crippen LogP contribution in [0.2, 0.25) is 0 Å². The summed E-state index contributed by atoms with van der Waals surface area (Å²) in [4.78, 5) is 16.6. The van der Waals surface area contributed by atoms with Gasteiger partial charge in [-0.15, -0.1) is 0 Å². The highest BCUT2D eigenvalue weighted by molar-refractivity contribution is 7.91. The summed E-state index contributed by atoms with van der Waals surface area (Å²) in [6.07, 6.45) is 2.91. The molecular weight excluding hydrogens is 278 g/mol. The van der Waals surface area contributed by atoms with E-state index in [1.165, 1.54) is 12.8 Å². The first-order valence-electron chi connectivity index (χ1n) is 7.49. The van der Waals surface area contributed by atoms with E-state index < -0.39 is 9.84 Å². The van der Waals surface area contributed by atoms with Crippen LogP contribution in [0.15, 0.2) is 0 Å². The summed E-state index contributed by atoms with van der Waals surface area (Å²) in [5, 5.41) is 3.14. The first-order chi connectivity index (χ1) is 9.53. The number of sulfone groups is 1. The molecule has 7 heteroatoms. The topological polar surface area (TPSA) is 69.7 Å². The van der Waals surface area contributed by atoms with Crippen LogP contribution in [0.1, 0.15) is 19.3 Å². The summed E-state index contributed by atoms with van der Waals surface area (Å²) in [6, 6.07) is 0.556. The molecule has 3 rings (SSSR count). The highest BCUT2D eigenvalue weighted by Crippen LogP contribution is 2.27. The average molecular weight is 301 g/mol. The molecule has 6 nitrogen and oxygen atoms in total. The maximum Gasteiger partial charge on any atom is 0.224 e. The Labute approximate surface area is 120 Å². The van der Waals surface area contributed by atoms with E-state index in [9.17, 15) is 13.2 Å². The first-order valence-corrected chi connectivity index (χ1v) is 9.31. The lowest BCUT2D eigenvalue weighted by molar-refractivity contribution is -0.133. The number of carbonyl (C=O) groups is 1. The molecule has 0 bridgehead atoms. The molecule has 0 aromatic rings. The van der Waals surface area contributed by atoms with Crippen molar-refractivity contribution in [2.24, 2.45) is 0 Å². The lowest BCUT2D eigenvalue weighted by Gasteiger charge is -2.35. The number of amides is 1. The van der Waals surface area contributed by atoms with Crippen LogP contribution in [-0.4, -0.2) is 80.4 Å². The van der Waals surface area contributed by atoms with Gasteiger partial charge in [-0.1, -0.05) is 0 Å². The standard InChI is InChI=1S/C13H23N3O3S/c17-13(9-11-10-20(18,19)8-3-14-11)16-6-4-15(5-7-16)12-1-2-12/h11-12,14H,1-10H2. The van der Waals surface area contributed by atoms with Gasteiger partial charge in [0.05, 0.1) is 11.5 Å². The van der Waals surface area contributed by atoms with Crippen LogP contribution in [-0.2, 0) is 14.6 Å². The average Bonchev–Trinajstić information content (AvgIpc) is 3.22. The van der Waals surface area contributed by atoms with Crippen LogP contribution in [0.25, 0.3) is 0 Å². The minimum atomic E-state index is -2.96. The zero-order valence-electron chi connectivity index (χ0n) is 11.8. The van der Waals surface area contributed by atoms with Crippen LogP contribution in [0.3, 0.4) is 0 Å². The number of nitrogens with zero attached hydrogens (tertiary/aromatic N) is 2. The van der Waals surface area contributed by atoms with E-state index in [1.54, 1.807) is 0 Å². The molecule has 1 atom stereocenters. The Morgan fingerprint density at radius 1 is 1.15 bits per heavy atom. The first kappa shape index (κ1) is 14.3. The van der Waals surface area contributed by atoms with Crippen molar-refractivity contribution in [3.05, 3.63) is 0 Å². The summed E-state index contributed by atoms with van der Waals surface area (Å²) in [5.41, 5.74) is 0. The van der Waals surface area contributed by atoms with Gasteiger partial charge in [-0.2, -0.15) is 0 Å². The Kier molecular flexibility index (Phi) is 4.01. The second-order valence-electron chi connectivity index (χ2n) is 6.12. The van der Waals surface area contributed by atoms with Gasteiger partial charge in [0, 0.05) is 51.2 Å². The third-order valence-electron chi connectivity index (χ3n) is 4.45. The van der Waals surface area contributed by atoms with E-state index in [1.807, 2.05) is 4.90 Å². The van der Waals surface area contributed by atoms with Crippen LogP contribution in [0.5, 0.6) is 0 Å². The second kappa shape index (κ2) is 5.61. The zero-order chi connectivity index (χ0) is 14.2. The number of hydrogen-bond acceptors (Lipinski definition) is 5. The van der Waals surface area contributed by atoms with Crippen molar-refractivity contribution in [2.75, 3.05) is 44.2 Å². The summed E-state index contributed by atoms with van der Waals surface area (Å²) in [6.45, 7) is 3.97. The zero-order valence-corrected chi connectivity index (χ0v) is 12.6. The molecule has 0 aromatic carbocycles. The van der Waals surface area contributed by atoms with Crippen molar-refractivity contribution in [2.45, 2.75) is 31.3 Å². The quantitative estimate of drug-likeness (QED) is 0.729. The van der Waals surface area contributed by atoms with Crippen molar-refractivity contribution in [3.63, 3.8) is 0 Å². The number of rotatable bonds is 3. The number of piperazine rings is 1. The van der Waals surface area contributed by atoms with Crippen molar-refractivity contribution < 1.29 is 13.2 Å². The molecule has 1 N–H and O–H groups in total. The summed E-state index contributed by atoms with van der Waals surface area (Å²) >= 11 is 0. The Bertz CT molecular complexity index is 467. The Hall–Kier alpha value is -0.660. The molecule has 2 aliphatic heterocycles. The molecule has 2 heterocycles. The van der Waals surface area contributed by atoms with Gasteiger partial charge in [0.1, 0.15) is 0 Å². The molecular formula is C13H23N3O3S. The van der Waals surface area contributed by atoms with Crippen molar-refractivity contribution in [1.29, 1.82) is 0 Å². The van der Waals surface area contributed by atoms with Crippen molar-refractivity contribution in [1.82, 2.24) is 15.1 Å². The predicted molar refractivity (Wildman–Crippen MR) is 76.2 cm³/mol. The molecule has 3 aliphatic rings. The lowest BCUT2D eigenvalue weighted by Crippen LogP contribution is -2.52. The largest absolute Gasteiger partial charge is 0.340 e. The molecule has 0 aromatic heterocycles. The van der Waals surface area contributed by atoms with Gasteiger partial charge in [0.25, 0.3) is 0 Å². The van der Waals surface area contributed by atoms with E-state index >= 15 is 0 Å². The van der Waals surface area contributed by atoms with Crippen LogP contribution >= 0.6 is 0 Å². The van der Waals surface area contributed by atoms with Crippen LogP contribution in [0, 0.1) is 0 Å². The normalized spacial score (nSPS) is 31.2. The van der Waals surface area contributed by atoms with Crippen molar-refractivity contribution in [3.8, 4) is 0 Å². The summed E-state index contributed by atoms with van der Waals surface area (Å²) in [7, 11) is -2.96. The maximum atomic E-state index is 12.2. The predicted octanol–water partition coefficient (Wildman–Crippen LogP) is -0.930. The molecule has 1 unspecified atom stereocenters. The molecule has 20 heavy (non-hydrogen) atoms. The van der Waals surface area contributed by atoms with Crippen LogP contribution < -0.4 is 5.32 Å². The highest BCUT2D eigenvalue weighted by atomic mass is 32.2. The molecule has 1 aliphatic carbocycles. The molecule has 0 radical (unpaired) electrons. The van der Waals surface area contributed by atoms with E-state index in [-0.39, 0.29) is 23.5 Å². The molecule has 1 saturated carbocycles. The Morgan fingerprint density at radius 3 is 2.45 bits per heavy atom. The van der Waals surface area contributed by atoms with E-state index in [2.05, 4.69) is 10.2 Å². The highest BCUT2D eigenvalue weighted by Gasteiger charge is 2.33. The molecule has 0 spiro atoms. The summed E-state index contributed by atoms with van der Waals surface area (Å²) in [5.74, 6) is 0.383. The maximum absolute atomic E-state index is 12.2. The fraction of sp³-hybridized carbons (Fsp3) is 0.923. The molecule has 2 saturated heterocycles. The minimum absolute atomic E-state index is 0.0926. The van der Waals surface area contributed by atoms with Gasteiger partial charge >= 0.3 is 0 Å². The minimum Gasteiger partial charge on any atom is -0.340 e. The number of hydrogen-bond donors (Lipinski definition) is 1. The van der Waals surface area contributed by atoms with E-state index in [4.69, 9.17) is 0 Å². The van der Waals surface area contributed by atoms with Gasteiger partial charge in [0.15, 0.2) is 9.84 Å².